The lowest BCUT2D eigenvalue weighted by Gasteiger charge is -2.47. The number of benzene rings is 3. The predicted molar refractivity (Wildman–Crippen MR) is 153 cm³/mol. The first kappa shape index (κ1) is 24.5. The molecule has 1 atom stereocenters. The van der Waals surface area contributed by atoms with Gasteiger partial charge in [0.1, 0.15) is 0 Å². The normalized spacial score (nSPS) is 18.4. The molecule has 176 valence electrons. The first-order valence-corrected chi connectivity index (χ1v) is 14.8. The molecule has 1 aliphatic carbocycles. The highest BCUT2D eigenvalue weighted by atomic mass is 28.3. The van der Waals surface area contributed by atoms with Gasteiger partial charge >= 0.3 is 0 Å². The monoisotopic (exact) mass is 464 g/mol. The van der Waals surface area contributed by atoms with Gasteiger partial charge < -0.3 is 0 Å². The van der Waals surface area contributed by atoms with Crippen molar-refractivity contribution < 1.29 is 0 Å². The van der Waals surface area contributed by atoms with Crippen LogP contribution in [0.5, 0.6) is 0 Å². The highest BCUT2D eigenvalue weighted by Gasteiger charge is 2.56. The minimum Gasteiger partial charge on any atom is -0.0730 e. The van der Waals surface area contributed by atoms with Gasteiger partial charge in [0.05, 0.1) is 0 Å². The number of hydrogen-bond donors (Lipinski definition) is 0. The van der Waals surface area contributed by atoms with Crippen LogP contribution in [-0.4, -0.2) is 8.07 Å². The number of hydrogen-bond acceptors (Lipinski definition) is 0. The topological polar surface area (TPSA) is 0 Å². The summed E-state index contributed by atoms with van der Waals surface area (Å²) in [5.74, 6) is 0. The molecule has 1 heteroatoms. The average Bonchev–Trinajstić information content (AvgIpc) is 3.04. The van der Waals surface area contributed by atoms with Crippen LogP contribution in [0.4, 0.5) is 0 Å². The van der Waals surface area contributed by atoms with E-state index in [0.717, 1.165) is 12.8 Å². The molecule has 0 heterocycles. The molecule has 0 aliphatic heterocycles. The maximum absolute atomic E-state index is 2.61. The third kappa shape index (κ3) is 3.75. The Labute approximate surface area is 208 Å². The van der Waals surface area contributed by atoms with E-state index in [1.807, 2.05) is 0 Å². The van der Waals surface area contributed by atoms with Crippen LogP contribution in [0, 0.1) is 13.8 Å². The van der Waals surface area contributed by atoms with Gasteiger partial charge in [-0.25, -0.2) is 0 Å². The van der Waals surface area contributed by atoms with E-state index in [0.29, 0.717) is 0 Å². The average molecular weight is 465 g/mol. The van der Waals surface area contributed by atoms with Crippen LogP contribution in [0.15, 0.2) is 89.5 Å². The minimum absolute atomic E-state index is 0.0525. The lowest BCUT2D eigenvalue weighted by Crippen LogP contribution is -2.73. The van der Waals surface area contributed by atoms with Crippen LogP contribution in [0.25, 0.3) is 0 Å². The summed E-state index contributed by atoms with van der Waals surface area (Å²) in [6, 6.07) is 26.5. The lowest BCUT2D eigenvalue weighted by molar-refractivity contribution is 0.870. The molecule has 4 rings (SSSR count). The molecule has 0 fully saturated rings. The number of rotatable bonds is 6. The van der Waals surface area contributed by atoms with Crippen molar-refractivity contribution in [3.05, 3.63) is 112 Å². The lowest BCUT2D eigenvalue weighted by atomic mass is 10.0. The Hall–Kier alpha value is -2.64. The van der Waals surface area contributed by atoms with Crippen molar-refractivity contribution in [2.24, 2.45) is 0 Å². The van der Waals surface area contributed by atoms with Crippen molar-refractivity contribution in [1.29, 1.82) is 0 Å². The molecule has 0 spiro atoms. The zero-order valence-corrected chi connectivity index (χ0v) is 23.3. The maximum Gasteiger partial charge on any atom is 0.161 e. The number of allylic oxidation sites excluding steroid dienone is 4. The number of aryl methyl sites for hydroxylation is 4. The largest absolute Gasteiger partial charge is 0.161 e. The van der Waals surface area contributed by atoms with Crippen LogP contribution >= 0.6 is 0 Å². The van der Waals surface area contributed by atoms with Crippen molar-refractivity contribution >= 4 is 23.6 Å². The molecule has 0 saturated heterocycles. The summed E-state index contributed by atoms with van der Waals surface area (Å²) in [6.45, 7) is 18.5. The van der Waals surface area contributed by atoms with E-state index in [-0.39, 0.29) is 5.04 Å². The van der Waals surface area contributed by atoms with E-state index in [9.17, 15) is 0 Å². The summed E-state index contributed by atoms with van der Waals surface area (Å²) in [5, 5.41) is 4.48. The third-order valence-electron chi connectivity index (χ3n) is 8.49. The highest BCUT2D eigenvalue weighted by molar-refractivity contribution is 7.14. The molecule has 0 amide bonds. The Kier molecular flexibility index (Phi) is 6.62. The maximum atomic E-state index is 2.61. The SMILES string of the molecule is CCc1cc(CC)cc([Si](c2ccc(C)cc2)(c2ccc(C)cc2)C2(C)C=C(C)C(C)=C2C)c1. The van der Waals surface area contributed by atoms with Crippen LogP contribution in [0.1, 0.15) is 63.8 Å². The smallest absolute Gasteiger partial charge is 0.0730 e. The molecule has 0 nitrogen and oxygen atoms in total. The van der Waals surface area contributed by atoms with E-state index in [2.05, 4.69) is 128 Å². The molecule has 0 aromatic heterocycles. The Bertz CT molecular complexity index is 1190. The first-order valence-electron chi connectivity index (χ1n) is 12.8. The van der Waals surface area contributed by atoms with Crippen molar-refractivity contribution in [3.8, 4) is 0 Å². The standard InChI is InChI=1S/C33H40Si/c1-9-28-19-29(10-2)21-32(20-28)34(30-15-11-23(3)12-16-30,31-17-13-24(4)14-18-31)33(8)22-25(5)26(6)27(33)7/h11-22H,9-10H2,1-8H3. The molecular formula is C33H40Si. The summed E-state index contributed by atoms with van der Waals surface area (Å²) in [6.07, 6.45) is 4.73. The van der Waals surface area contributed by atoms with Gasteiger partial charge in [-0.15, -0.1) is 0 Å². The van der Waals surface area contributed by atoms with E-state index in [1.165, 1.54) is 54.5 Å². The van der Waals surface area contributed by atoms with Gasteiger partial charge in [-0.05, 0) is 79.7 Å². The zero-order valence-electron chi connectivity index (χ0n) is 22.3. The van der Waals surface area contributed by atoms with Crippen molar-refractivity contribution in [1.82, 2.24) is 0 Å². The Morgan fingerprint density at radius 3 is 1.41 bits per heavy atom. The summed E-state index contributed by atoms with van der Waals surface area (Å²) >= 11 is 0. The van der Waals surface area contributed by atoms with Gasteiger partial charge in [0.25, 0.3) is 0 Å². The van der Waals surface area contributed by atoms with Crippen LogP contribution in [-0.2, 0) is 12.8 Å². The Morgan fingerprint density at radius 2 is 1.06 bits per heavy atom. The molecule has 1 unspecified atom stereocenters. The molecule has 3 aromatic carbocycles. The molecule has 0 radical (unpaired) electrons. The van der Waals surface area contributed by atoms with E-state index in [1.54, 1.807) is 0 Å². The molecule has 0 N–H and O–H groups in total. The van der Waals surface area contributed by atoms with Gasteiger partial charge in [0.15, 0.2) is 8.07 Å². The minimum atomic E-state index is -2.54. The van der Waals surface area contributed by atoms with E-state index in [4.69, 9.17) is 0 Å². The molecule has 34 heavy (non-hydrogen) atoms. The van der Waals surface area contributed by atoms with Crippen molar-refractivity contribution in [3.63, 3.8) is 0 Å². The van der Waals surface area contributed by atoms with Crippen LogP contribution in [0.2, 0.25) is 5.04 Å². The van der Waals surface area contributed by atoms with Gasteiger partial charge in [0.2, 0.25) is 0 Å². The molecule has 0 bridgehead atoms. The zero-order chi connectivity index (χ0) is 24.7. The van der Waals surface area contributed by atoms with E-state index < -0.39 is 8.07 Å². The summed E-state index contributed by atoms with van der Waals surface area (Å²) in [7, 11) is -2.54. The van der Waals surface area contributed by atoms with Crippen molar-refractivity contribution in [2.75, 3.05) is 0 Å². The van der Waals surface area contributed by atoms with Gasteiger partial charge in [-0.3, -0.25) is 0 Å². The molecule has 1 aliphatic rings. The fourth-order valence-corrected chi connectivity index (χ4v) is 12.2. The Balaban J connectivity index is 2.23. The first-order chi connectivity index (χ1) is 16.2. The second-order valence-electron chi connectivity index (χ2n) is 10.5. The Morgan fingerprint density at radius 1 is 0.618 bits per heavy atom. The predicted octanol–water partition coefficient (Wildman–Crippen LogP) is 6.96. The third-order valence-corrected chi connectivity index (χ3v) is 14.1. The quantitative estimate of drug-likeness (QED) is 0.273. The van der Waals surface area contributed by atoms with Crippen LogP contribution < -0.4 is 15.6 Å². The summed E-state index contributed by atoms with van der Waals surface area (Å²) in [5.41, 5.74) is 9.95. The molecule has 3 aromatic rings. The van der Waals surface area contributed by atoms with Gasteiger partial charge in [-0.2, -0.15) is 0 Å². The second-order valence-corrected chi connectivity index (χ2v) is 14.8. The molecular weight excluding hydrogens is 424 g/mol. The van der Waals surface area contributed by atoms with Crippen LogP contribution in [0.3, 0.4) is 0 Å². The fraction of sp³-hybridized carbons (Fsp3) is 0.333. The van der Waals surface area contributed by atoms with Gasteiger partial charge in [-0.1, -0.05) is 116 Å². The molecule has 0 saturated carbocycles. The summed E-state index contributed by atoms with van der Waals surface area (Å²) < 4.78 is 0. The summed E-state index contributed by atoms with van der Waals surface area (Å²) in [4.78, 5) is 0. The fourth-order valence-electron chi connectivity index (χ4n) is 6.12. The van der Waals surface area contributed by atoms with Crippen molar-refractivity contribution in [2.45, 2.75) is 73.3 Å². The second kappa shape index (κ2) is 9.19. The highest BCUT2D eigenvalue weighted by Crippen LogP contribution is 2.52. The van der Waals surface area contributed by atoms with Gasteiger partial charge in [0, 0.05) is 5.04 Å². The van der Waals surface area contributed by atoms with E-state index >= 15 is 0 Å².